The van der Waals surface area contributed by atoms with Crippen LogP contribution in [0.2, 0.25) is 0 Å². The monoisotopic (exact) mass is 237 g/mol. The maximum absolute atomic E-state index is 4.72. The molecular weight excluding hydrogens is 222 g/mol. The Bertz CT molecular complexity index is 567. The van der Waals surface area contributed by atoms with Gasteiger partial charge in [0.05, 0.1) is 11.4 Å². The van der Waals surface area contributed by atoms with Crippen molar-refractivity contribution < 1.29 is 0 Å². The largest absolute Gasteiger partial charge is 0.251 e. The Hall–Kier alpha value is -2.03. The summed E-state index contributed by atoms with van der Waals surface area (Å²) in [5, 5.41) is 7.75. The fourth-order valence-electron chi connectivity index (χ4n) is 2.39. The van der Waals surface area contributed by atoms with E-state index in [9.17, 15) is 0 Å². The van der Waals surface area contributed by atoms with E-state index in [1.54, 1.807) is 7.05 Å². The number of aliphatic imine (C=N–C) groups is 1. The molecule has 1 aliphatic carbocycles. The lowest BCUT2D eigenvalue weighted by Crippen LogP contribution is -2.09. The van der Waals surface area contributed by atoms with Crippen molar-refractivity contribution in [3.8, 4) is 0 Å². The first kappa shape index (κ1) is 11.1. The van der Waals surface area contributed by atoms with Gasteiger partial charge in [0.15, 0.2) is 0 Å². The number of nitrogens with zero attached hydrogens (tertiary/aromatic N) is 3. The number of fused-ring (bicyclic) bond motifs is 1. The second-order valence-corrected chi connectivity index (χ2v) is 4.67. The van der Waals surface area contributed by atoms with Crippen molar-refractivity contribution >= 4 is 5.71 Å². The van der Waals surface area contributed by atoms with Gasteiger partial charge in [0, 0.05) is 13.0 Å². The van der Waals surface area contributed by atoms with Crippen LogP contribution in [0.1, 0.15) is 12.0 Å². The van der Waals surface area contributed by atoms with Crippen molar-refractivity contribution in [1.82, 2.24) is 0 Å². The van der Waals surface area contributed by atoms with E-state index in [1.165, 1.54) is 17.7 Å². The number of azo groups is 1. The van der Waals surface area contributed by atoms with Crippen LogP contribution in [0.25, 0.3) is 0 Å². The van der Waals surface area contributed by atoms with Crippen LogP contribution < -0.4 is 0 Å². The van der Waals surface area contributed by atoms with Crippen LogP contribution in [0.5, 0.6) is 0 Å². The summed E-state index contributed by atoms with van der Waals surface area (Å²) >= 11 is 0. The first-order valence-electron chi connectivity index (χ1n) is 6.14. The fraction of sp³-hybridized carbons (Fsp3) is 0.267. The molecule has 0 radical (unpaired) electrons. The fourth-order valence-corrected chi connectivity index (χ4v) is 2.39. The molecule has 1 aromatic rings. The highest BCUT2D eigenvalue weighted by Gasteiger charge is 2.42. The van der Waals surface area contributed by atoms with Crippen molar-refractivity contribution in [2.45, 2.75) is 6.42 Å². The SMILES string of the molecule is C=C(N=NC)C1=CC2CC2C(c2ccccc2)=N1. The lowest BCUT2D eigenvalue weighted by Gasteiger charge is -2.12. The lowest BCUT2D eigenvalue weighted by molar-refractivity contribution is 0.961. The second-order valence-electron chi connectivity index (χ2n) is 4.67. The van der Waals surface area contributed by atoms with Gasteiger partial charge in [0.2, 0.25) is 0 Å². The topological polar surface area (TPSA) is 37.1 Å². The van der Waals surface area contributed by atoms with Crippen molar-refractivity contribution in [3.63, 3.8) is 0 Å². The Labute approximate surface area is 107 Å². The molecule has 3 heteroatoms. The van der Waals surface area contributed by atoms with Crippen LogP contribution in [0.4, 0.5) is 0 Å². The molecule has 90 valence electrons. The zero-order chi connectivity index (χ0) is 12.5. The van der Waals surface area contributed by atoms with E-state index in [-0.39, 0.29) is 0 Å². The molecule has 0 bridgehead atoms. The maximum Gasteiger partial charge on any atom is 0.103 e. The number of allylic oxidation sites excluding steroid dienone is 1. The minimum Gasteiger partial charge on any atom is -0.251 e. The average molecular weight is 237 g/mol. The summed E-state index contributed by atoms with van der Waals surface area (Å²) in [6.07, 6.45) is 3.36. The van der Waals surface area contributed by atoms with Crippen molar-refractivity contribution in [3.05, 3.63) is 59.9 Å². The minimum absolute atomic E-state index is 0.586. The van der Waals surface area contributed by atoms with Crippen LogP contribution in [-0.4, -0.2) is 12.8 Å². The molecular formula is C15H15N3. The maximum atomic E-state index is 4.72. The van der Waals surface area contributed by atoms with Gasteiger partial charge in [-0.05, 0) is 17.9 Å². The van der Waals surface area contributed by atoms with Gasteiger partial charge in [-0.1, -0.05) is 43.0 Å². The molecule has 2 atom stereocenters. The molecule has 0 amide bonds. The zero-order valence-electron chi connectivity index (χ0n) is 10.4. The van der Waals surface area contributed by atoms with E-state index in [0.29, 0.717) is 17.5 Å². The smallest absolute Gasteiger partial charge is 0.103 e. The van der Waals surface area contributed by atoms with E-state index in [1.807, 2.05) is 18.2 Å². The van der Waals surface area contributed by atoms with Crippen molar-refractivity contribution in [2.24, 2.45) is 27.1 Å². The Morgan fingerprint density at radius 1 is 1.33 bits per heavy atom. The summed E-state index contributed by atoms with van der Waals surface area (Å²) in [6, 6.07) is 10.3. The summed E-state index contributed by atoms with van der Waals surface area (Å²) in [4.78, 5) is 4.72. The summed E-state index contributed by atoms with van der Waals surface area (Å²) in [5.41, 5.74) is 3.90. The molecule has 0 N–H and O–H groups in total. The third-order valence-corrected chi connectivity index (χ3v) is 3.39. The Balaban J connectivity index is 1.96. The average Bonchev–Trinajstić information content (AvgIpc) is 3.18. The van der Waals surface area contributed by atoms with E-state index >= 15 is 0 Å². The Kier molecular flexibility index (Phi) is 2.67. The molecule has 0 aromatic heterocycles. The molecule has 2 unspecified atom stereocenters. The van der Waals surface area contributed by atoms with Crippen LogP contribution in [0.3, 0.4) is 0 Å². The normalized spacial score (nSPS) is 25.4. The van der Waals surface area contributed by atoms with E-state index < -0.39 is 0 Å². The van der Waals surface area contributed by atoms with Crippen molar-refractivity contribution in [1.29, 1.82) is 0 Å². The highest BCUT2D eigenvalue weighted by Crippen LogP contribution is 2.47. The van der Waals surface area contributed by atoms with Gasteiger partial charge in [0.25, 0.3) is 0 Å². The summed E-state index contributed by atoms with van der Waals surface area (Å²) in [5.74, 6) is 1.19. The standard InChI is InChI=1S/C15H15N3/c1-10(18-16-2)14-9-12-8-13(12)15(17-14)11-6-4-3-5-7-11/h3-7,9,12-13H,1,8H2,2H3. The van der Waals surface area contributed by atoms with Gasteiger partial charge in [-0.2, -0.15) is 10.2 Å². The molecule has 1 heterocycles. The van der Waals surface area contributed by atoms with Gasteiger partial charge < -0.3 is 0 Å². The molecule has 3 nitrogen and oxygen atoms in total. The summed E-state index contributed by atoms with van der Waals surface area (Å²) in [6.45, 7) is 3.91. The highest BCUT2D eigenvalue weighted by molar-refractivity contribution is 6.05. The Morgan fingerprint density at radius 3 is 2.83 bits per heavy atom. The third-order valence-electron chi connectivity index (χ3n) is 3.39. The van der Waals surface area contributed by atoms with Gasteiger partial charge in [-0.3, -0.25) is 4.99 Å². The molecule has 0 spiro atoms. The summed E-state index contributed by atoms with van der Waals surface area (Å²) < 4.78 is 0. The van der Waals surface area contributed by atoms with Crippen LogP contribution >= 0.6 is 0 Å². The van der Waals surface area contributed by atoms with E-state index in [0.717, 1.165) is 5.70 Å². The van der Waals surface area contributed by atoms with Gasteiger partial charge >= 0.3 is 0 Å². The van der Waals surface area contributed by atoms with Gasteiger partial charge in [0.1, 0.15) is 5.70 Å². The molecule has 0 saturated heterocycles. The lowest BCUT2D eigenvalue weighted by atomic mass is 10.0. The Morgan fingerprint density at radius 2 is 2.11 bits per heavy atom. The number of hydrogen-bond donors (Lipinski definition) is 0. The minimum atomic E-state index is 0.586. The third kappa shape index (κ3) is 1.92. The predicted molar refractivity (Wildman–Crippen MR) is 72.6 cm³/mol. The number of benzene rings is 1. The molecule has 3 rings (SSSR count). The van der Waals surface area contributed by atoms with Gasteiger partial charge in [-0.25, -0.2) is 0 Å². The quantitative estimate of drug-likeness (QED) is 0.720. The first-order chi connectivity index (χ1) is 8.79. The van der Waals surface area contributed by atoms with E-state index in [4.69, 9.17) is 4.99 Å². The molecule has 2 aliphatic rings. The van der Waals surface area contributed by atoms with Crippen LogP contribution in [0, 0.1) is 11.8 Å². The van der Waals surface area contributed by atoms with Crippen LogP contribution in [-0.2, 0) is 0 Å². The predicted octanol–water partition coefficient (Wildman–Crippen LogP) is 3.61. The molecule has 1 saturated carbocycles. The highest BCUT2D eigenvalue weighted by atomic mass is 15.1. The molecule has 1 fully saturated rings. The summed E-state index contributed by atoms with van der Waals surface area (Å²) in [7, 11) is 1.65. The second kappa shape index (κ2) is 4.33. The molecule has 1 aliphatic heterocycles. The van der Waals surface area contributed by atoms with Crippen LogP contribution in [0.15, 0.2) is 69.6 Å². The zero-order valence-corrected chi connectivity index (χ0v) is 10.4. The van der Waals surface area contributed by atoms with E-state index in [2.05, 4.69) is 35.0 Å². The van der Waals surface area contributed by atoms with Crippen molar-refractivity contribution in [2.75, 3.05) is 7.05 Å². The molecule has 18 heavy (non-hydrogen) atoms. The number of rotatable bonds is 3. The van der Waals surface area contributed by atoms with Gasteiger partial charge in [-0.15, -0.1) is 0 Å². The first-order valence-corrected chi connectivity index (χ1v) is 6.14. The molecule has 1 aromatic carbocycles. The number of hydrogen-bond acceptors (Lipinski definition) is 3.